The second-order valence-corrected chi connectivity index (χ2v) is 5.47. The van der Waals surface area contributed by atoms with Gasteiger partial charge in [0.25, 0.3) is 0 Å². The molecule has 0 aliphatic heterocycles. The van der Waals surface area contributed by atoms with Crippen molar-refractivity contribution in [1.29, 1.82) is 0 Å². The summed E-state index contributed by atoms with van der Waals surface area (Å²) in [6, 6.07) is 5.57. The Hall–Kier alpha value is -1.79. The van der Waals surface area contributed by atoms with Gasteiger partial charge in [0.15, 0.2) is 13.6 Å². The fourth-order valence-electron chi connectivity index (χ4n) is 3.05. The lowest BCUT2D eigenvalue weighted by Crippen LogP contribution is -2.20. The number of hydrogen-bond acceptors (Lipinski definition) is 6. The Morgan fingerprint density at radius 1 is 1.09 bits per heavy atom. The van der Waals surface area contributed by atoms with Crippen LogP contribution in [-0.2, 0) is 19.0 Å². The van der Waals surface area contributed by atoms with Crippen LogP contribution >= 0.6 is 0 Å². The number of carbonyl (C=O) groups excluding carboxylic acids is 1. The van der Waals surface area contributed by atoms with Crippen LogP contribution < -0.4 is 9.47 Å². The first-order valence-corrected chi connectivity index (χ1v) is 7.66. The number of esters is 1. The first-order chi connectivity index (χ1) is 11.2. The van der Waals surface area contributed by atoms with Gasteiger partial charge in [-0.2, -0.15) is 0 Å². The van der Waals surface area contributed by atoms with Crippen molar-refractivity contribution in [3.05, 3.63) is 23.8 Å². The second-order valence-electron chi connectivity index (χ2n) is 5.47. The SMILES string of the molecule is COCOc1ccc(OCOC)c([C@@H]2CCC[C@@H]2C(=O)OC)c1. The largest absolute Gasteiger partial charge is 0.469 e. The molecule has 0 radical (unpaired) electrons. The molecular formula is C17H24O6. The predicted octanol–water partition coefficient (Wildman–Crippen LogP) is 2.71. The minimum absolute atomic E-state index is 0.0559. The van der Waals surface area contributed by atoms with Crippen molar-refractivity contribution in [3.8, 4) is 11.5 Å². The van der Waals surface area contributed by atoms with Crippen molar-refractivity contribution in [3.63, 3.8) is 0 Å². The third-order valence-corrected chi connectivity index (χ3v) is 4.08. The Bertz CT molecular complexity index is 516. The Morgan fingerprint density at radius 3 is 2.52 bits per heavy atom. The number of benzene rings is 1. The average molecular weight is 324 g/mol. The summed E-state index contributed by atoms with van der Waals surface area (Å²) in [5.41, 5.74) is 0.948. The van der Waals surface area contributed by atoms with Crippen molar-refractivity contribution in [2.75, 3.05) is 34.9 Å². The highest BCUT2D eigenvalue weighted by atomic mass is 16.7. The zero-order valence-corrected chi connectivity index (χ0v) is 13.9. The summed E-state index contributed by atoms with van der Waals surface area (Å²) >= 11 is 0. The molecule has 0 amide bonds. The van der Waals surface area contributed by atoms with Gasteiger partial charge in [-0.3, -0.25) is 4.79 Å². The van der Waals surface area contributed by atoms with Gasteiger partial charge in [-0.25, -0.2) is 0 Å². The third kappa shape index (κ3) is 4.36. The fraction of sp³-hybridized carbons (Fsp3) is 0.588. The van der Waals surface area contributed by atoms with Gasteiger partial charge in [0.05, 0.1) is 13.0 Å². The molecule has 0 spiro atoms. The molecule has 1 aromatic carbocycles. The molecule has 1 aliphatic rings. The van der Waals surface area contributed by atoms with Crippen LogP contribution in [0.4, 0.5) is 0 Å². The van der Waals surface area contributed by atoms with Gasteiger partial charge in [-0.15, -0.1) is 0 Å². The van der Waals surface area contributed by atoms with Gasteiger partial charge >= 0.3 is 5.97 Å². The lowest BCUT2D eigenvalue weighted by molar-refractivity contribution is -0.145. The van der Waals surface area contributed by atoms with Gasteiger partial charge in [0.1, 0.15) is 11.5 Å². The molecule has 1 fully saturated rings. The molecule has 2 atom stereocenters. The lowest BCUT2D eigenvalue weighted by atomic mass is 9.88. The topological polar surface area (TPSA) is 63.2 Å². The first kappa shape index (κ1) is 17.6. The molecular weight excluding hydrogens is 300 g/mol. The zero-order chi connectivity index (χ0) is 16.7. The monoisotopic (exact) mass is 324 g/mol. The highest BCUT2D eigenvalue weighted by Gasteiger charge is 2.36. The lowest BCUT2D eigenvalue weighted by Gasteiger charge is -2.21. The van der Waals surface area contributed by atoms with Crippen LogP contribution in [0.15, 0.2) is 18.2 Å². The highest BCUT2D eigenvalue weighted by Crippen LogP contribution is 2.44. The van der Waals surface area contributed by atoms with Gasteiger partial charge < -0.3 is 23.7 Å². The van der Waals surface area contributed by atoms with Gasteiger partial charge in [0, 0.05) is 25.7 Å². The van der Waals surface area contributed by atoms with Crippen LogP contribution in [-0.4, -0.2) is 40.9 Å². The number of carbonyl (C=O) groups is 1. The van der Waals surface area contributed by atoms with E-state index in [9.17, 15) is 4.79 Å². The Kier molecular flexibility index (Phi) is 6.67. The maximum Gasteiger partial charge on any atom is 0.309 e. The van der Waals surface area contributed by atoms with Crippen LogP contribution in [0.1, 0.15) is 30.7 Å². The zero-order valence-electron chi connectivity index (χ0n) is 13.9. The van der Waals surface area contributed by atoms with E-state index >= 15 is 0 Å². The smallest absolute Gasteiger partial charge is 0.309 e. The van der Waals surface area contributed by atoms with Gasteiger partial charge in [-0.05, 0) is 31.0 Å². The molecule has 0 saturated heterocycles. The quantitative estimate of drug-likeness (QED) is 0.541. The molecule has 128 valence electrons. The molecule has 6 nitrogen and oxygen atoms in total. The average Bonchev–Trinajstić information content (AvgIpc) is 3.07. The van der Waals surface area contributed by atoms with Crippen LogP contribution in [0.2, 0.25) is 0 Å². The van der Waals surface area contributed by atoms with E-state index in [4.69, 9.17) is 23.7 Å². The second kappa shape index (κ2) is 8.74. The minimum Gasteiger partial charge on any atom is -0.469 e. The summed E-state index contributed by atoms with van der Waals surface area (Å²) in [6.07, 6.45) is 2.72. The molecule has 0 heterocycles. The summed E-state index contributed by atoms with van der Waals surface area (Å²) < 4.78 is 26.0. The maximum atomic E-state index is 12.0. The van der Waals surface area contributed by atoms with E-state index in [2.05, 4.69) is 0 Å². The van der Waals surface area contributed by atoms with Crippen molar-refractivity contribution >= 4 is 5.97 Å². The highest BCUT2D eigenvalue weighted by molar-refractivity contribution is 5.74. The van der Waals surface area contributed by atoms with E-state index < -0.39 is 0 Å². The predicted molar refractivity (Wildman–Crippen MR) is 83.5 cm³/mol. The first-order valence-electron chi connectivity index (χ1n) is 7.66. The molecule has 0 unspecified atom stereocenters. The molecule has 1 saturated carbocycles. The van der Waals surface area contributed by atoms with E-state index in [0.29, 0.717) is 11.5 Å². The van der Waals surface area contributed by atoms with Crippen molar-refractivity contribution in [2.24, 2.45) is 5.92 Å². The number of rotatable bonds is 8. The molecule has 1 aromatic rings. The number of methoxy groups -OCH3 is 3. The van der Waals surface area contributed by atoms with Crippen LogP contribution in [0.25, 0.3) is 0 Å². The molecule has 0 bridgehead atoms. The summed E-state index contributed by atoms with van der Waals surface area (Å²) in [4.78, 5) is 12.0. The number of hydrogen-bond donors (Lipinski definition) is 0. The Balaban J connectivity index is 2.29. The van der Waals surface area contributed by atoms with E-state index in [1.54, 1.807) is 14.2 Å². The van der Waals surface area contributed by atoms with E-state index in [1.165, 1.54) is 7.11 Å². The van der Waals surface area contributed by atoms with Crippen molar-refractivity contribution < 1.29 is 28.5 Å². The molecule has 23 heavy (non-hydrogen) atoms. The Morgan fingerprint density at radius 2 is 1.83 bits per heavy atom. The summed E-state index contributed by atoms with van der Waals surface area (Å²) in [6.45, 7) is 0.323. The van der Waals surface area contributed by atoms with Crippen molar-refractivity contribution in [2.45, 2.75) is 25.2 Å². The van der Waals surface area contributed by atoms with Crippen LogP contribution in [0.3, 0.4) is 0 Å². The summed E-state index contributed by atoms with van der Waals surface area (Å²) in [5, 5.41) is 0. The normalized spacial score (nSPS) is 20.3. The number of ether oxygens (including phenoxy) is 5. The van der Waals surface area contributed by atoms with Crippen molar-refractivity contribution in [1.82, 2.24) is 0 Å². The molecule has 1 aliphatic carbocycles. The van der Waals surface area contributed by atoms with Gasteiger partial charge in [0.2, 0.25) is 0 Å². The minimum atomic E-state index is -0.173. The van der Waals surface area contributed by atoms with Crippen LogP contribution in [0, 0.1) is 5.92 Å². The Labute approximate surface area is 136 Å². The standard InChI is InChI=1S/C17H24O6/c1-19-10-22-12-7-8-16(23-11-20-2)15(9-12)13-5-4-6-14(13)17(18)21-3/h7-9,13-14H,4-6,10-11H2,1-3H3/t13-,14+/m1/s1. The maximum absolute atomic E-state index is 12.0. The fourth-order valence-corrected chi connectivity index (χ4v) is 3.05. The van der Waals surface area contributed by atoms with E-state index in [1.807, 2.05) is 18.2 Å². The molecule has 2 rings (SSSR count). The molecule has 0 N–H and O–H groups in total. The summed E-state index contributed by atoms with van der Waals surface area (Å²) in [7, 11) is 4.57. The third-order valence-electron chi connectivity index (χ3n) is 4.08. The summed E-state index contributed by atoms with van der Waals surface area (Å²) in [5.74, 6) is 1.12. The van der Waals surface area contributed by atoms with E-state index in [0.717, 1.165) is 24.8 Å². The molecule has 6 heteroatoms. The van der Waals surface area contributed by atoms with Crippen LogP contribution in [0.5, 0.6) is 11.5 Å². The van der Waals surface area contributed by atoms with Gasteiger partial charge in [-0.1, -0.05) is 6.42 Å². The molecule has 0 aromatic heterocycles. The van der Waals surface area contributed by atoms with E-state index in [-0.39, 0.29) is 31.4 Å².